The molecule has 3 nitrogen and oxygen atoms in total. The van der Waals surface area contributed by atoms with E-state index in [1.807, 2.05) is 12.4 Å². The Morgan fingerprint density at radius 1 is 1.60 bits per heavy atom. The van der Waals surface area contributed by atoms with Gasteiger partial charge in [-0.1, -0.05) is 19.8 Å². The van der Waals surface area contributed by atoms with Crippen LogP contribution < -0.4 is 11.1 Å². The van der Waals surface area contributed by atoms with Crippen molar-refractivity contribution in [3.8, 4) is 0 Å². The van der Waals surface area contributed by atoms with E-state index in [1.54, 1.807) is 11.3 Å². The van der Waals surface area contributed by atoms with Crippen LogP contribution in [0, 0.1) is 6.92 Å². The third-order valence-electron chi connectivity index (χ3n) is 2.47. The van der Waals surface area contributed by atoms with Gasteiger partial charge in [0.1, 0.15) is 0 Å². The number of aryl methyl sites for hydroxylation is 1. The van der Waals surface area contributed by atoms with Gasteiger partial charge in [0.05, 0.1) is 11.2 Å². The van der Waals surface area contributed by atoms with E-state index in [9.17, 15) is 0 Å². The number of hydrogen-bond donors (Lipinski definition) is 2. The lowest BCUT2D eigenvalue weighted by atomic mass is 10.1. The molecule has 1 aromatic heterocycles. The molecule has 0 saturated carbocycles. The smallest absolute Gasteiger partial charge is 0.0798 e. The summed E-state index contributed by atoms with van der Waals surface area (Å²) in [5.74, 6) is 0. The second-order valence-corrected chi connectivity index (χ2v) is 4.83. The zero-order valence-electron chi connectivity index (χ0n) is 9.62. The zero-order valence-corrected chi connectivity index (χ0v) is 10.4. The second kappa shape index (κ2) is 6.93. The number of hydrogen-bond acceptors (Lipinski definition) is 4. The number of nitrogens with one attached hydrogen (secondary N) is 1. The summed E-state index contributed by atoms with van der Waals surface area (Å²) < 4.78 is 0. The Kier molecular flexibility index (Phi) is 5.83. The third-order valence-corrected chi connectivity index (χ3v) is 3.40. The molecule has 0 amide bonds. The van der Waals surface area contributed by atoms with Gasteiger partial charge in [0.2, 0.25) is 0 Å². The Hall–Kier alpha value is -0.450. The summed E-state index contributed by atoms with van der Waals surface area (Å²) in [4.78, 5) is 5.53. The molecule has 3 N–H and O–H groups in total. The van der Waals surface area contributed by atoms with Gasteiger partial charge >= 0.3 is 0 Å². The quantitative estimate of drug-likeness (QED) is 0.749. The molecule has 0 saturated heterocycles. The van der Waals surface area contributed by atoms with Gasteiger partial charge in [-0.2, -0.15) is 0 Å². The molecule has 1 unspecified atom stereocenters. The van der Waals surface area contributed by atoms with Crippen LogP contribution in [0.5, 0.6) is 0 Å². The van der Waals surface area contributed by atoms with Crippen LogP contribution in [-0.2, 0) is 6.54 Å². The van der Waals surface area contributed by atoms with Crippen LogP contribution in [0.3, 0.4) is 0 Å². The zero-order chi connectivity index (χ0) is 11.1. The van der Waals surface area contributed by atoms with E-state index in [4.69, 9.17) is 5.73 Å². The van der Waals surface area contributed by atoms with Crippen molar-refractivity contribution in [2.45, 2.75) is 45.7 Å². The molecule has 15 heavy (non-hydrogen) atoms. The molecule has 0 aliphatic carbocycles. The van der Waals surface area contributed by atoms with E-state index >= 15 is 0 Å². The Morgan fingerprint density at radius 2 is 2.40 bits per heavy atom. The molecule has 0 bridgehead atoms. The molecule has 86 valence electrons. The molecule has 0 spiro atoms. The van der Waals surface area contributed by atoms with Gasteiger partial charge in [-0.15, -0.1) is 11.3 Å². The highest BCUT2D eigenvalue weighted by Crippen LogP contribution is 2.11. The molecule has 0 aliphatic heterocycles. The van der Waals surface area contributed by atoms with Gasteiger partial charge in [-0.05, 0) is 13.3 Å². The van der Waals surface area contributed by atoms with Crippen LogP contribution >= 0.6 is 11.3 Å². The van der Waals surface area contributed by atoms with Crippen LogP contribution in [0.4, 0.5) is 0 Å². The van der Waals surface area contributed by atoms with Gasteiger partial charge in [-0.25, -0.2) is 4.98 Å². The molecule has 1 aromatic rings. The molecular weight excluding hydrogens is 206 g/mol. The van der Waals surface area contributed by atoms with Crippen molar-refractivity contribution < 1.29 is 0 Å². The van der Waals surface area contributed by atoms with Gasteiger partial charge in [-0.3, -0.25) is 0 Å². The highest BCUT2D eigenvalue weighted by atomic mass is 32.1. The predicted octanol–water partition coefficient (Wildman–Crippen LogP) is 2.06. The van der Waals surface area contributed by atoms with Crippen LogP contribution in [0.25, 0.3) is 0 Å². The average Bonchev–Trinajstić information content (AvgIpc) is 2.61. The Balaban J connectivity index is 2.13. The van der Waals surface area contributed by atoms with Crippen LogP contribution in [0.1, 0.15) is 36.8 Å². The lowest BCUT2D eigenvalue weighted by molar-refractivity contribution is 0.525. The van der Waals surface area contributed by atoms with Crippen LogP contribution in [-0.4, -0.2) is 17.6 Å². The molecule has 1 heterocycles. The van der Waals surface area contributed by atoms with E-state index in [0.29, 0.717) is 0 Å². The maximum atomic E-state index is 5.96. The normalized spacial score (nSPS) is 13.0. The summed E-state index contributed by atoms with van der Waals surface area (Å²) in [5, 5.41) is 3.38. The average molecular weight is 227 g/mol. The highest BCUT2D eigenvalue weighted by molar-refractivity contribution is 7.09. The Morgan fingerprint density at radius 3 is 3.00 bits per heavy atom. The maximum absolute atomic E-state index is 5.96. The molecular formula is C11H21N3S. The summed E-state index contributed by atoms with van der Waals surface area (Å²) in [5.41, 5.74) is 8.99. The van der Waals surface area contributed by atoms with Crippen LogP contribution in [0.2, 0.25) is 0 Å². The minimum absolute atomic E-state index is 0.290. The van der Waals surface area contributed by atoms with Crippen molar-refractivity contribution in [3.63, 3.8) is 0 Å². The van der Waals surface area contributed by atoms with Gasteiger partial charge < -0.3 is 11.1 Å². The third kappa shape index (κ3) is 4.73. The molecule has 0 aromatic carbocycles. The summed E-state index contributed by atoms with van der Waals surface area (Å²) >= 11 is 1.70. The summed E-state index contributed by atoms with van der Waals surface area (Å²) in [6.45, 7) is 6.04. The largest absolute Gasteiger partial charge is 0.327 e. The van der Waals surface area contributed by atoms with E-state index in [-0.39, 0.29) is 6.04 Å². The first-order chi connectivity index (χ1) is 7.24. The number of unbranched alkanes of at least 4 members (excludes halogenated alkanes) is 1. The van der Waals surface area contributed by atoms with Crippen LogP contribution in [0.15, 0.2) is 5.51 Å². The lowest BCUT2D eigenvalue weighted by Crippen LogP contribution is -2.33. The first kappa shape index (κ1) is 12.6. The number of nitrogens with two attached hydrogens (primary N) is 1. The monoisotopic (exact) mass is 227 g/mol. The maximum Gasteiger partial charge on any atom is 0.0798 e. The molecule has 1 rings (SSSR count). The standard InChI is InChI=1S/C11H21N3S/c1-3-4-5-10(12)6-13-7-11-9(2)14-8-15-11/h8,10,13H,3-7,12H2,1-2H3. The van der Waals surface area contributed by atoms with E-state index in [0.717, 1.165) is 25.2 Å². The topological polar surface area (TPSA) is 50.9 Å². The predicted molar refractivity (Wildman–Crippen MR) is 66.1 cm³/mol. The lowest BCUT2D eigenvalue weighted by Gasteiger charge is -2.11. The summed E-state index contributed by atoms with van der Waals surface area (Å²) in [6.07, 6.45) is 3.56. The number of aromatic nitrogens is 1. The molecule has 0 aliphatic rings. The minimum atomic E-state index is 0.290. The molecule has 0 radical (unpaired) electrons. The molecule has 4 heteroatoms. The van der Waals surface area contributed by atoms with Crippen molar-refractivity contribution >= 4 is 11.3 Å². The number of rotatable bonds is 7. The molecule has 1 atom stereocenters. The van der Waals surface area contributed by atoms with E-state index < -0.39 is 0 Å². The fraction of sp³-hybridized carbons (Fsp3) is 0.727. The number of nitrogens with zero attached hydrogens (tertiary/aromatic N) is 1. The second-order valence-electron chi connectivity index (χ2n) is 3.89. The Bertz CT molecular complexity index is 273. The van der Waals surface area contributed by atoms with Crippen molar-refractivity contribution in [1.29, 1.82) is 0 Å². The highest BCUT2D eigenvalue weighted by Gasteiger charge is 2.03. The first-order valence-corrected chi connectivity index (χ1v) is 6.47. The fourth-order valence-electron chi connectivity index (χ4n) is 1.44. The SMILES string of the molecule is CCCCC(N)CNCc1scnc1C. The fourth-order valence-corrected chi connectivity index (χ4v) is 2.18. The Labute approximate surface area is 96.1 Å². The summed E-state index contributed by atoms with van der Waals surface area (Å²) in [7, 11) is 0. The first-order valence-electron chi connectivity index (χ1n) is 5.59. The van der Waals surface area contributed by atoms with Crippen molar-refractivity contribution in [3.05, 3.63) is 16.1 Å². The van der Waals surface area contributed by atoms with Crippen molar-refractivity contribution in [2.75, 3.05) is 6.54 Å². The van der Waals surface area contributed by atoms with Gasteiger partial charge in [0.25, 0.3) is 0 Å². The van der Waals surface area contributed by atoms with E-state index in [2.05, 4.69) is 17.2 Å². The van der Waals surface area contributed by atoms with Gasteiger partial charge in [0.15, 0.2) is 0 Å². The van der Waals surface area contributed by atoms with E-state index in [1.165, 1.54) is 17.7 Å². The summed E-state index contributed by atoms with van der Waals surface area (Å²) in [6, 6.07) is 0.290. The van der Waals surface area contributed by atoms with Crippen molar-refractivity contribution in [1.82, 2.24) is 10.3 Å². The number of thiazole rings is 1. The minimum Gasteiger partial charge on any atom is -0.327 e. The molecule has 0 fully saturated rings. The van der Waals surface area contributed by atoms with Crippen molar-refractivity contribution in [2.24, 2.45) is 5.73 Å². The van der Waals surface area contributed by atoms with Gasteiger partial charge in [0, 0.05) is 24.0 Å².